The van der Waals surface area contributed by atoms with Crippen LogP contribution in [0.3, 0.4) is 0 Å². The first-order chi connectivity index (χ1) is 8.06. The monoisotopic (exact) mass is 298 g/mol. The zero-order valence-corrected chi connectivity index (χ0v) is 10.9. The second-order valence-corrected chi connectivity index (χ2v) is 4.80. The predicted octanol–water partition coefficient (Wildman–Crippen LogP) is 2.89. The number of benzene rings is 1. The Hall–Kier alpha value is -1.20. The van der Waals surface area contributed by atoms with Gasteiger partial charge in [-0.2, -0.15) is 5.10 Å². The molecule has 3 nitrogen and oxygen atoms in total. The first kappa shape index (κ1) is 12.3. The van der Waals surface area contributed by atoms with E-state index in [0.29, 0.717) is 16.6 Å². The third kappa shape index (κ3) is 2.92. The Kier molecular flexibility index (Phi) is 3.59. The van der Waals surface area contributed by atoms with E-state index in [1.807, 2.05) is 0 Å². The number of halogens is 2. The summed E-state index contributed by atoms with van der Waals surface area (Å²) >= 11 is 3.21. The van der Waals surface area contributed by atoms with Crippen LogP contribution in [0.1, 0.15) is 24.2 Å². The molecule has 1 aromatic heterocycles. The van der Waals surface area contributed by atoms with Gasteiger partial charge in [-0.25, -0.2) is 4.39 Å². The average Bonchev–Trinajstić information content (AvgIpc) is 2.71. The number of rotatable bonds is 3. The second-order valence-electron chi connectivity index (χ2n) is 3.88. The van der Waals surface area contributed by atoms with Crippen LogP contribution in [-0.4, -0.2) is 14.9 Å². The highest BCUT2D eigenvalue weighted by Gasteiger charge is 2.07. The Morgan fingerprint density at radius 1 is 1.53 bits per heavy atom. The smallest absolute Gasteiger partial charge is 0.129 e. The zero-order valence-electron chi connectivity index (χ0n) is 9.27. The van der Waals surface area contributed by atoms with Gasteiger partial charge < -0.3 is 5.11 Å². The lowest BCUT2D eigenvalue weighted by atomic mass is 10.2. The molecule has 0 saturated carbocycles. The van der Waals surface area contributed by atoms with Gasteiger partial charge in [0.15, 0.2) is 0 Å². The van der Waals surface area contributed by atoms with Crippen molar-refractivity contribution >= 4 is 15.9 Å². The third-order valence-corrected chi connectivity index (χ3v) is 2.98. The van der Waals surface area contributed by atoms with Gasteiger partial charge in [-0.3, -0.25) is 4.68 Å². The molecule has 0 fully saturated rings. The Morgan fingerprint density at radius 2 is 2.29 bits per heavy atom. The van der Waals surface area contributed by atoms with E-state index in [1.54, 1.807) is 36.1 Å². The van der Waals surface area contributed by atoms with Gasteiger partial charge in [0.2, 0.25) is 0 Å². The van der Waals surface area contributed by atoms with Gasteiger partial charge in [0.05, 0.1) is 18.8 Å². The standard InChI is InChI=1S/C12H12BrFN2O/c1-8(17)10-5-15-16(7-10)6-9-2-3-11(13)4-12(9)14/h2-5,7-8,17H,6H2,1H3. The first-order valence-electron chi connectivity index (χ1n) is 5.20. The Bertz CT molecular complexity index is 525. The largest absolute Gasteiger partial charge is 0.389 e. The summed E-state index contributed by atoms with van der Waals surface area (Å²) < 4.78 is 15.9. The molecule has 1 N–H and O–H groups in total. The summed E-state index contributed by atoms with van der Waals surface area (Å²) in [4.78, 5) is 0. The molecule has 0 bridgehead atoms. The van der Waals surface area contributed by atoms with Crippen molar-refractivity contribution in [1.29, 1.82) is 0 Å². The van der Waals surface area contributed by atoms with Crippen LogP contribution in [-0.2, 0) is 6.54 Å². The van der Waals surface area contributed by atoms with E-state index in [9.17, 15) is 9.50 Å². The minimum absolute atomic E-state index is 0.270. The van der Waals surface area contributed by atoms with Gasteiger partial charge in [0, 0.05) is 21.8 Å². The van der Waals surface area contributed by atoms with Gasteiger partial charge in [-0.1, -0.05) is 22.0 Å². The van der Waals surface area contributed by atoms with Crippen LogP contribution >= 0.6 is 15.9 Å². The molecule has 0 spiro atoms. The van der Waals surface area contributed by atoms with E-state index < -0.39 is 6.10 Å². The minimum atomic E-state index is -0.557. The number of aliphatic hydroxyl groups excluding tert-OH is 1. The molecule has 1 aromatic carbocycles. The molecule has 1 atom stereocenters. The van der Waals surface area contributed by atoms with Crippen LogP contribution in [0.15, 0.2) is 35.1 Å². The van der Waals surface area contributed by atoms with Crippen LogP contribution in [0, 0.1) is 5.82 Å². The van der Waals surface area contributed by atoms with Crippen molar-refractivity contribution in [2.45, 2.75) is 19.6 Å². The predicted molar refractivity (Wildman–Crippen MR) is 66.1 cm³/mol. The van der Waals surface area contributed by atoms with Gasteiger partial charge >= 0.3 is 0 Å². The molecule has 2 rings (SSSR count). The molecule has 0 radical (unpaired) electrons. The maximum atomic E-state index is 13.6. The van der Waals surface area contributed by atoms with Crippen molar-refractivity contribution in [1.82, 2.24) is 9.78 Å². The molecular weight excluding hydrogens is 287 g/mol. The maximum Gasteiger partial charge on any atom is 0.129 e. The maximum absolute atomic E-state index is 13.6. The first-order valence-corrected chi connectivity index (χ1v) is 6.00. The number of hydrogen-bond acceptors (Lipinski definition) is 2. The molecule has 0 aliphatic rings. The van der Waals surface area contributed by atoms with Crippen LogP contribution in [0.2, 0.25) is 0 Å². The summed E-state index contributed by atoms with van der Waals surface area (Å²) in [5.41, 5.74) is 1.29. The molecule has 1 unspecified atom stereocenters. The van der Waals surface area contributed by atoms with Crippen molar-refractivity contribution in [3.63, 3.8) is 0 Å². The van der Waals surface area contributed by atoms with Crippen LogP contribution in [0.5, 0.6) is 0 Å². The van der Waals surface area contributed by atoms with E-state index in [2.05, 4.69) is 21.0 Å². The van der Waals surface area contributed by atoms with Gasteiger partial charge in [0.25, 0.3) is 0 Å². The highest BCUT2D eigenvalue weighted by molar-refractivity contribution is 9.10. The molecule has 0 aliphatic carbocycles. The normalized spacial score (nSPS) is 12.7. The van der Waals surface area contributed by atoms with Crippen LogP contribution in [0.25, 0.3) is 0 Å². The van der Waals surface area contributed by atoms with Gasteiger partial charge in [-0.15, -0.1) is 0 Å². The van der Waals surface area contributed by atoms with Gasteiger partial charge in [0.1, 0.15) is 5.82 Å². The van der Waals surface area contributed by atoms with E-state index >= 15 is 0 Å². The van der Waals surface area contributed by atoms with Crippen LogP contribution in [0.4, 0.5) is 4.39 Å². The summed E-state index contributed by atoms with van der Waals surface area (Å²) in [6.45, 7) is 2.02. The summed E-state index contributed by atoms with van der Waals surface area (Å²) in [6.07, 6.45) is 2.74. The van der Waals surface area contributed by atoms with Crippen molar-refractivity contribution in [2.75, 3.05) is 0 Å². The summed E-state index contributed by atoms with van der Waals surface area (Å²) in [6, 6.07) is 4.93. The third-order valence-electron chi connectivity index (χ3n) is 2.48. The van der Waals surface area contributed by atoms with Crippen molar-refractivity contribution in [2.24, 2.45) is 0 Å². The molecule has 2 aromatic rings. The zero-order chi connectivity index (χ0) is 12.4. The molecule has 5 heteroatoms. The Labute approximate surface area is 107 Å². The summed E-state index contributed by atoms with van der Waals surface area (Å²) in [5.74, 6) is -0.270. The fraction of sp³-hybridized carbons (Fsp3) is 0.250. The molecular formula is C12H12BrFN2O. The number of hydrogen-bond donors (Lipinski definition) is 1. The number of nitrogens with zero attached hydrogens (tertiary/aromatic N) is 2. The highest BCUT2D eigenvalue weighted by atomic mass is 79.9. The Balaban J connectivity index is 2.19. The van der Waals surface area contributed by atoms with E-state index in [0.717, 1.165) is 5.56 Å². The highest BCUT2D eigenvalue weighted by Crippen LogP contribution is 2.17. The van der Waals surface area contributed by atoms with Gasteiger partial charge in [-0.05, 0) is 19.1 Å². The van der Waals surface area contributed by atoms with Crippen molar-refractivity contribution in [3.05, 3.63) is 52.0 Å². The lowest BCUT2D eigenvalue weighted by molar-refractivity contribution is 0.199. The summed E-state index contributed by atoms with van der Waals surface area (Å²) in [7, 11) is 0. The Morgan fingerprint density at radius 3 is 2.88 bits per heavy atom. The fourth-order valence-corrected chi connectivity index (χ4v) is 1.84. The number of aliphatic hydroxyl groups is 1. The van der Waals surface area contributed by atoms with Crippen molar-refractivity contribution in [3.8, 4) is 0 Å². The minimum Gasteiger partial charge on any atom is -0.389 e. The van der Waals surface area contributed by atoms with E-state index in [-0.39, 0.29) is 5.82 Å². The molecule has 0 saturated heterocycles. The molecule has 0 aliphatic heterocycles. The second kappa shape index (κ2) is 4.98. The van der Waals surface area contributed by atoms with E-state index in [4.69, 9.17) is 0 Å². The quantitative estimate of drug-likeness (QED) is 0.946. The number of aromatic nitrogens is 2. The summed E-state index contributed by atoms with van der Waals surface area (Å²) in [5, 5.41) is 13.4. The lowest BCUT2D eigenvalue weighted by Crippen LogP contribution is -2.02. The molecule has 90 valence electrons. The van der Waals surface area contributed by atoms with Crippen molar-refractivity contribution < 1.29 is 9.50 Å². The lowest BCUT2D eigenvalue weighted by Gasteiger charge is -2.04. The molecule has 17 heavy (non-hydrogen) atoms. The average molecular weight is 299 g/mol. The molecule has 0 amide bonds. The van der Waals surface area contributed by atoms with Crippen LogP contribution < -0.4 is 0 Å². The van der Waals surface area contributed by atoms with E-state index in [1.165, 1.54) is 6.07 Å². The fourth-order valence-electron chi connectivity index (χ4n) is 1.51. The SMILES string of the molecule is CC(O)c1cnn(Cc2ccc(Br)cc2F)c1. The topological polar surface area (TPSA) is 38.1 Å². The molecule has 1 heterocycles.